The van der Waals surface area contributed by atoms with Crippen LogP contribution in [0.25, 0.3) is 22.6 Å². The van der Waals surface area contributed by atoms with E-state index in [4.69, 9.17) is 4.74 Å². The SMILES string of the molecule is Cc1nc2c(OCc3ccc([N+](=O)[O-])cc3)cccn2c(=O)c1-c1cc(C)n(-c2ccc(F)cc2)n1. The van der Waals surface area contributed by atoms with E-state index in [0.29, 0.717) is 34.0 Å². The van der Waals surface area contributed by atoms with Crippen LogP contribution in [0.1, 0.15) is 17.0 Å². The monoisotopic (exact) mass is 485 g/mol. The first-order chi connectivity index (χ1) is 17.3. The fraction of sp³-hybridized carbons (Fsp3) is 0.115. The van der Waals surface area contributed by atoms with Crippen LogP contribution in [-0.4, -0.2) is 24.1 Å². The van der Waals surface area contributed by atoms with Crippen LogP contribution >= 0.6 is 0 Å². The van der Waals surface area contributed by atoms with Crippen LogP contribution < -0.4 is 10.3 Å². The lowest BCUT2D eigenvalue weighted by Gasteiger charge is -2.11. The van der Waals surface area contributed by atoms with Crippen molar-refractivity contribution >= 4 is 11.3 Å². The van der Waals surface area contributed by atoms with Crippen LogP contribution in [0.2, 0.25) is 0 Å². The van der Waals surface area contributed by atoms with Gasteiger partial charge in [-0.2, -0.15) is 5.10 Å². The summed E-state index contributed by atoms with van der Waals surface area (Å²) in [5.41, 5.74) is 3.52. The number of aromatic nitrogens is 4. The number of nitro benzene ring substituents is 1. The maximum Gasteiger partial charge on any atom is 0.269 e. The molecule has 0 aliphatic carbocycles. The fourth-order valence-electron chi connectivity index (χ4n) is 3.97. The van der Waals surface area contributed by atoms with Crippen molar-refractivity contribution in [3.8, 4) is 22.7 Å². The highest BCUT2D eigenvalue weighted by Crippen LogP contribution is 2.25. The molecule has 0 amide bonds. The zero-order chi connectivity index (χ0) is 25.4. The summed E-state index contributed by atoms with van der Waals surface area (Å²) in [5, 5.41) is 15.4. The van der Waals surface area contributed by atoms with Gasteiger partial charge in [0.2, 0.25) is 0 Å². The second kappa shape index (κ2) is 9.06. The Balaban J connectivity index is 1.50. The third kappa shape index (κ3) is 4.20. The van der Waals surface area contributed by atoms with Gasteiger partial charge in [-0.3, -0.25) is 19.3 Å². The lowest BCUT2D eigenvalue weighted by molar-refractivity contribution is -0.384. The number of hydrogen-bond donors (Lipinski definition) is 0. The van der Waals surface area contributed by atoms with Gasteiger partial charge in [-0.1, -0.05) is 0 Å². The van der Waals surface area contributed by atoms with E-state index in [1.807, 2.05) is 6.92 Å². The molecule has 0 saturated heterocycles. The molecule has 180 valence electrons. The van der Waals surface area contributed by atoms with E-state index < -0.39 is 4.92 Å². The van der Waals surface area contributed by atoms with E-state index in [1.54, 1.807) is 60.3 Å². The number of nitro groups is 1. The van der Waals surface area contributed by atoms with Crippen molar-refractivity contribution in [2.45, 2.75) is 20.5 Å². The molecular weight excluding hydrogens is 465 g/mol. The van der Waals surface area contributed by atoms with Crippen LogP contribution in [0, 0.1) is 29.8 Å². The Morgan fingerprint density at radius 3 is 2.47 bits per heavy atom. The van der Waals surface area contributed by atoms with E-state index in [2.05, 4.69) is 10.1 Å². The normalized spacial score (nSPS) is 11.1. The summed E-state index contributed by atoms with van der Waals surface area (Å²) < 4.78 is 22.3. The molecular formula is C26H20FN5O4. The summed E-state index contributed by atoms with van der Waals surface area (Å²) in [6, 6.07) is 17.2. The van der Waals surface area contributed by atoms with Crippen molar-refractivity contribution in [2.75, 3.05) is 0 Å². The zero-order valence-electron chi connectivity index (χ0n) is 19.4. The third-order valence-electron chi connectivity index (χ3n) is 5.76. The van der Waals surface area contributed by atoms with Crippen molar-refractivity contribution in [3.05, 3.63) is 116 Å². The Hall–Kier alpha value is -4.86. The predicted molar refractivity (Wildman–Crippen MR) is 131 cm³/mol. The van der Waals surface area contributed by atoms with Crippen LogP contribution in [0.3, 0.4) is 0 Å². The Morgan fingerprint density at radius 2 is 1.78 bits per heavy atom. The van der Waals surface area contributed by atoms with Crippen LogP contribution in [0.4, 0.5) is 10.1 Å². The van der Waals surface area contributed by atoms with E-state index in [0.717, 1.165) is 11.3 Å². The fourth-order valence-corrected chi connectivity index (χ4v) is 3.97. The van der Waals surface area contributed by atoms with E-state index in [-0.39, 0.29) is 23.7 Å². The topological polar surface area (TPSA) is 105 Å². The number of benzene rings is 2. The Bertz CT molecular complexity index is 1660. The highest BCUT2D eigenvalue weighted by Gasteiger charge is 2.18. The number of non-ortho nitro benzene ring substituents is 1. The summed E-state index contributed by atoms with van der Waals surface area (Å²) in [6.45, 7) is 3.73. The Kier molecular flexibility index (Phi) is 5.77. The van der Waals surface area contributed by atoms with Gasteiger partial charge in [0.05, 0.1) is 21.9 Å². The molecule has 0 aliphatic rings. The first-order valence-corrected chi connectivity index (χ1v) is 11.0. The van der Waals surface area contributed by atoms with Crippen molar-refractivity contribution in [3.63, 3.8) is 0 Å². The van der Waals surface area contributed by atoms with Gasteiger partial charge in [0.25, 0.3) is 11.2 Å². The Labute approximate surface area is 204 Å². The molecule has 0 spiro atoms. The average molecular weight is 485 g/mol. The van der Waals surface area contributed by atoms with Crippen LogP contribution in [0.5, 0.6) is 5.75 Å². The van der Waals surface area contributed by atoms with Crippen LogP contribution in [-0.2, 0) is 6.61 Å². The van der Waals surface area contributed by atoms with Gasteiger partial charge in [-0.05, 0) is 74.0 Å². The first-order valence-electron chi connectivity index (χ1n) is 11.0. The Morgan fingerprint density at radius 1 is 1.06 bits per heavy atom. The molecule has 0 radical (unpaired) electrons. The average Bonchev–Trinajstić information content (AvgIpc) is 3.24. The van der Waals surface area contributed by atoms with Gasteiger partial charge < -0.3 is 4.74 Å². The minimum atomic E-state index is -0.462. The molecule has 9 nitrogen and oxygen atoms in total. The number of aryl methyl sites for hydroxylation is 2. The summed E-state index contributed by atoms with van der Waals surface area (Å²) in [5.74, 6) is 0.0545. The minimum absolute atomic E-state index is 0.00242. The number of rotatable bonds is 6. The summed E-state index contributed by atoms with van der Waals surface area (Å²) >= 11 is 0. The summed E-state index contributed by atoms with van der Waals surface area (Å²) in [4.78, 5) is 28.5. The number of halogens is 1. The van der Waals surface area contributed by atoms with Crippen molar-refractivity contribution in [1.29, 1.82) is 0 Å². The molecule has 3 aromatic heterocycles. The van der Waals surface area contributed by atoms with E-state index in [9.17, 15) is 19.3 Å². The smallest absolute Gasteiger partial charge is 0.269 e. The van der Waals surface area contributed by atoms with Crippen LogP contribution in [0.15, 0.2) is 77.7 Å². The van der Waals surface area contributed by atoms with Gasteiger partial charge in [0, 0.05) is 24.0 Å². The molecule has 0 atom stereocenters. The maximum atomic E-state index is 13.5. The van der Waals surface area contributed by atoms with Crippen molar-refractivity contribution in [1.82, 2.24) is 19.2 Å². The quantitative estimate of drug-likeness (QED) is 0.253. The molecule has 0 fully saturated rings. The minimum Gasteiger partial charge on any atom is -0.485 e. The summed E-state index contributed by atoms with van der Waals surface area (Å²) in [7, 11) is 0. The molecule has 3 heterocycles. The second-order valence-corrected chi connectivity index (χ2v) is 8.21. The maximum absolute atomic E-state index is 13.5. The number of hydrogen-bond acceptors (Lipinski definition) is 6. The molecule has 5 rings (SSSR count). The molecule has 36 heavy (non-hydrogen) atoms. The third-order valence-corrected chi connectivity index (χ3v) is 5.76. The van der Waals surface area contributed by atoms with Crippen molar-refractivity contribution < 1.29 is 14.1 Å². The number of ether oxygens (including phenoxy) is 1. The molecule has 0 aliphatic heterocycles. The van der Waals surface area contributed by atoms with E-state index in [1.165, 1.54) is 28.7 Å². The first kappa shape index (κ1) is 22.9. The number of fused-ring (bicyclic) bond motifs is 1. The summed E-state index contributed by atoms with van der Waals surface area (Å²) in [6.07, 6.45) is 1.61. The second-order valence-electron chi connectivity index (χ2n) is 8.21. The lowest BCUT2D eigenvalue weighted by Crippen LogP contribution is -2.19. The standard InChI is InChI=1S/C26H20FN5O4/c1-16-14-22(29-31(16)20-11-7-19(27)8-12-20)24-17(2)28-25-23(4-3-13-30(25)26(24)33)36-15-18-5-9-21(10-6-18)32(34)35/h3-14H,15H2,1-2H3. The van der Waals surface area contributed by atoms with Gasteiger partial charge in [-0.15, -0.1) is 0 Å². The van der Waals surface area contributed by atoms with Gasteiger partial charge in [0.15, 0.2) is 11.4 Å². The number of nitrogens with zero attached hydrogens (tertiary/aromatic N) is 5. The zero-order valence-corrected chi connectivity index (χ0v) is 19.4. The highest BCUT2D eigenvalue weighted by molar-refractivity contribution is 5.65. The largest absolute Gasteiger partial charge is 0.485 e. The highest BCUT2D eigenvalue weighted by atomic mass is 19.1. The molecule has 2 aromatic carbocycles. The molecule has 0 saturated carbocycles. The van der Waals surface area contributed by atoms with Gasteiger partial charge in [0.1, 0.15) is 18.1 Å². The molecule has 10 heteroatoms. The van der Waals surface area contributed by atoms with E-state index >= 15 is 0 Å². The molecule has 5 aromatic rings. The van der Waals surface area contributed by atoms with Gasteiger partial charge in [-0.25, -0.2) is 14.1 Å². The lowest BCUT2D eigenvalue weighted by atomic mass is 10.1. The van der Waals surface area contributed by atoms with Crippen molar-refractivity contribution in [2.24, 2.45) is 0 Å². The molecule has 0 N–H and O–H groups in total. The molecule has 0 unspecified atom stereocenters. The molecule has 0 bridgehead atoms. The predicted octanol–water partition coefficient (Wildman–Crippen LogP) is 4.79. The number of pyridine rings is 1. The van der Waals surface area contributed by atoms with Gasteiger partial charge >= 0.3 is 0 Å².